The zero-order valence-corrected chi connectivity index (χ0v) is 11.7. The second kappa shape index (κ2) is 6.17. The van der Waals surface area contributed by atoms with Gasteiger partial charge in [-0.2, -0.15) is 0 Å². The Morgan fingerprint density at radius 1 is 1.37 bits per heavy atom. The zero-order chi connectivity index (χ0) is 13.8. The van der Waals surface area contributed by atoms with E-state index in [1.54, 1.807) is 7.11 Å². The highest BCUT2D eigenvalue weighted by atomic mass is 35.5. The number of halogens is 2. The summed E-state index contributed by atoms with van der Waals surface area (Å²) >= 11 is 6.07. The Morgan fingerprint density at radius 3 is 2.84 bits per heavy atom. The van der Waals surface area contributed by atoms with Crippen LogP contribution in [0.25, 0.3) is 10.9 Å². The van der Waals surface area contributed by atoms with Crippen molar-refractivity contribution in [3.8, 4) is 0 Å². The third-order valence-electron chi connectivity index (χ3n) is 2.74. The van der Waals surface area contributed by atoms with Gasteiger partial charge in [-0.3, -0.25) is 0 Å². The number of rotatable bonds is 5. The number of benzene rings is 1. The Bertz CT molecular complexity index is 589. The fourth-order valence-corrected chi connectivity index (χ4v) is 2.18. The molecule has 0 aliphatic rings. The largest absolute Gasteiger partial charge is 0.384 e. The van der Waals surface area contributed by atoms with Gasteiger partial charge in [-0.15, -0.1) is 0 Å². The first-order chi connectivity index (χ1) is 9.15. The summed E-state index contributed by atoms with van der Waals surface area (Å²) in [6.45, 7) is 3.27. The van der Waals surface area contributed by atoms with Gasteiger partial charge in [-0.05, 0) is 24.6 Å². The van der Waals surface area contributed by atoms with Crippen LogP contribution >= 0.6 is 11.6 Å². The molecule has 0 aliphatic carbocycles. The predicted octanol–water partition coefficient (Wildman–Crippen LogP) is 4.00. The molecule has 3 nitrogen and oxygen atoms in total. The SMILES string of the molecule is CCCNc1cc(COC)nc2c(Cl)cc(F)cc12. The monoisotopic (exact) mass is 282 g/mol. The van der Waals surface area contributed by atoms with E-state index in [-0.39, 0.29) is 5.82 Å². The summed E-state index contributed by atoms with van der Waals surface area (Å²) in [4.78, 5) is 4.41. The average Bonchev–Trinajstić information content (AvgIpc) is 2.37. The van der Waals surface area contributed by atoms with Gasteiger partial charge in [0.05, 0.1) is 22.8 Å². The van der Waals surface area contributed by atoms with Crippen molar-refractivity contribution in [3.63, 3.8) is 0 Å². The molecule has 1 aromatic carbocycles. The second-order valence-corrected chi connectivity index (χ2v) is 4.71. The van der Waals surface area contributed by atoms with Crippen LogP contribution in [-0.2, 0) is 11.3 Å². The molecule has 0 aliphatic heterocycles. The van der Waals surface area contributed by atoms with Crippen LogP contribution in [0, 0.1) is 5.82 Å². The molecule has 1 heterocycles. The number of fused-ring (bicyclic) bond motifs is 1. The molecule has 0 spiro atoms. The highest BCUT2D eigenvalue weighted by Gasteiger charge is 2.10. The minimum atomic E-state index is -0.363. The van der Waals surface area contributed by atoms with E-state index in [1.165, 1.54) is 12.1 Å². The van der Waals surface area contributed by atoms with Crippen molar-refractivity contribution in [2.45, 2.75) is 20.0 Å². The fourth-order valence-electron chi connectivity index (χ4n) is 1.93. The number of aromatic nitrogens is 1. The van der Waals surface area contributed by atoms with E-state index in [4.69, 9.17) is 16.3 Å². The summed E-state index contributed by atoms with van der Waals surface area (Å²) in [5, 5.41) is 4.28. The summed E-state index contributed by atoms with van der Waals surface area (Å²) < 4.78 is 18.6. The van der Waals surface area contributed by atoms with Crippen LogP contribution in [0.4, 0.5) is 10.1 Å². The third-order valence-corrected chi connectivity index (χ3v) is 3.03. The maximum absolute atomic E-state index is 13.5. The molecule has 5 heteroatoms. The molecule has 2 rings (SSSR count). The van der Waals surface area contributed by atoms with Crippen LogP contribution < -0.4 is 5.32 Å². The Morgan fingerprint density at radius 2 is 2.16 bits per heavy atom. The summed E-state index contributed by atoms with van der Waals surface area (Å²) in [6, 6.07) is 4.59. The molecule has 102 valence electrons. The van der Waals surface area contributed by atoms with Crippen molar-refractivity contribution in [1.82, 2.24) is 4.98 Å². The van der Waals surface area contributed by atoms with E-state index in [0.717, 1.165) is 24.3 Å². The quantitative estimate of drug-likeness (QED) is 0.900. The average molecular weight is 283 g/mol. The number of nitrogens with one attached hydrogen (secondary N) is 1. The Balaban J connectivity index is 2.60. The molecule has 1 aromatic heterocycles. The Labute approximate surface area is 116 Å². The lowest BCUT2D eigenvalue weighted by Crippen LogP contribution is -2.03. The number of anilines is 1. The van der Waals surface area contributed by atoms with Crippen molar-refractivity contribution >= 4 is 28.2 Å². The first-order valence-electron chi connectivity index (χ1n) is 6.17. The van der Waals surface area contributed by atoms with Crippen molar-refractivity contribution in [2.24, 2.45) is 0 Å². The minimum absolute atomic E-state index is 0.313. The molecule has 0 atom stereocenters. The van der Waals surface area contributed by atoms with Gasteiger partial charge in [0.25, 0.3) is 0 Å². The van der Waals surface area contributed by atoms with E-state index in [2.05, 4.69) is 17.2 Å². The van der Waals surface area contributed by atoms with E-state index < -0.39 is 0 Å². The van der Waals surface area contributed by atoms with Crippen molar-refractivity contribution in [1.29, 1.82) is 0 Å². The number of nitrogens with zero attached hydrogens (tertiary/aromatic N) is 1. The Hall–Kier alpha value is -1.39. The lowest BCUT2D eigenvalue weighted by atomic mass is 10.1. The van der Waals surface area contributed by atoms with Crippen LogP contribution in [0.2, 0.25) is 5.02 Å². The first kappa shape index (κ1) is 14.0. The van der Waals surface area contributed by atoms with Crippen LogP contribution in [0.1, 0.15) is 19.0 Å². The van der Waals surface area contributed by atoms with Crippen LogP contribution in [0.3, 0.4) is 0 Å². The number of hydrogen-bond donors (Lipinski definition) is 1. The van der Waals surface area contributed by atoms with Crippen molar-refractivity contribution in [3.05, 3.63) is 34.7 Å². The van der Waals surface area contributed by atoms with E-state index in [9.17, 15) is 4.39 Å². The normalized spacial score (nSPS) is 10.9. The van der Waals surface area contributed by atoms with Gasteiger partial charge in [0.2, 0.25) is 0 Å². The molecule has 0 saturated carbocycles. The fraction of sp³-hybridized carbons (Fsp3) is 0.357. The maximum atomic E-state index is 13.5. The van der Waals surface area contributed by atoms with E-state index >= 15 is 0 Å². The minimum Gasteiger partial charge on any atom is -0.384 e. The van der Waals surface area contributed by atoms with Crippen molar-refractivity contribution < 1.29 is 9.13 Å². The molecule has 0 unspecified atom stereocenters. The van der Waals surface area contributed by atoms with Gasteiger partial charge in [-0.1, -0.05) is 18.5 Å². The topological polar surface area (TPSA) is 34.1 Å². The van der Waals surface area contributed by atoms with Crippen LogP contribution in [-0.4, -0.2) is 18.6 Å². The Kier molecular flexibility index (Phi) is 4.56. The molecule has 0 saturated heterocycles. The lowest BCUT2D eigenvalue weighted by Gasteiger charge is -2.12. The third kappa shape index (κ3) is 3.14. The molecular weight excluding hydrogens is 267 g/mol. The van der Waals surface area contributed by atoms with Gasteiger partial charge in [0.15, 0.2) is 0 Å². The molecule has 0 radical (unpaired) electrons. The summed E-state index contributed by atoms with van der Waals surface area (Å²) in [6.07, 6.45) is 0.979. The molecule has 0 fully saturated rings. The number of hydrogen-bond acceptors (Lipinski definition) is 3. The van der Waals surface area contributed by atoms with Gasteiger partial charge in [0, 0.05) is 24.7 Å². The highest BCUT2D eigenvalue weighted by Crippen LogP contribution is 2.30. The van der Waals surface area contributed by atoms with Crippen LogP contribution in [0.5, 0.6) is 0 Å². The maximum Gasteiger partial charge on any atom is 0.125 e. The van der Waals surface area contributed by atoms with Gasteiger partial charge < -0.3 is 10.1 Å². The molecule has 0 bridgehead atoms. The summed E-state index contributed by atoms with van der Waals surface area (Å²) in [5.74, 6) is -0.363. The lowest BCUT2D eigenvalue weighted by molar-refractivity contribution is 0.182. The van der Waals surface area contributed by atoms with Gasteiger partial charge in [-0.25, -0.2) is 9.37 Å². The van der Waals surface area contributed by atoms with Crippen LogP contribution in [0.15, 0.2) is 18.2 Å². The second-order valence-electron chi connectivity index (χ2n) is 4.30. The van der Waals surface area contributed by atoms with E-state index in [1.807, 2.05) is 6.07 Å². The smallest absolute Gasteiger partial charge is 0.125 e. The number of pyridine rings is 1. The number of ether oxygens (including phenoxy) is 1. The van der Waals surface area contributed by atoms with Crippen molar-refractivity contribution in [2.75, 3.05) is 19.0 Å². The highest BCUT2D eigenvalue weighted by molar-refractivity contribution is 6.35. The van der Waals surface area contributed by atoms with E-state index in [0.29, 0.717) is 22.5 Å². The molecule has 0 amide bonds. The number of methoxy groups -OCH3 is 1. The first-order valence-corrected chi connectivity index (χ1v) is 6.55. The molecule has 19 heavy (non-hydrogen) atoms. The summed E-state index contributed by atoms with van der Waals surface area (Å²) in [5.41, 5.74) is 2.19. The zero-order valence-electron chi connectivity index (χ0n) is 11.0. The van der Waals surface area contributed by atoms with Gasteiger partial charge >= 0.3 is 0 Å². The molecule has 1 N–H and O–H groups in total. The molecule has 2 aromatic rings. The standard InChI is InChI=1S/C14H16ClFN2O/c1-3-4-17-13-7-10(8-19-2)18-14-11(13)5-9(16)6-12(14)15/h5-7H,3-4,8H2,1-2H3,(H,17,18). The molecular formula is C14H16ClFN2O. The van der Waals surface area contributed by atoms with Gasteiger partial charge in [0.1, 0.15) is 5.82 Å². The summed E-state index contributed by atoms with van der Waals surface area (Å²) in [7, 11) is 1.61. The predicted molar refractivity (Wildman–Crippen MR) is 76.2 cm³/mol.